The molecule has 1 fully saturated rings. The predicted molar refractivity (Wildman–Crippen MR) is 65.0 cm³/mol. The van der Waals surface area contributed by atoms with Gasteiger partial charge in [0.1, 0.15) is 0 Å². The number of rotatable bonds is 3. The van der Waals surface area contributed by atoms with Gasteiger partial charge in [0.05, 0.1) is 0 Å². The molecule has 3 atom stereocenters. The maximum Gasteiger partial charge on any atom is 0.162 e. The highest BCUT2D eigenvalue weighted by atomic mass is 19.2. The Morgan fingerprint density at radius 1 is 1.29 bits per heavy atom. The second kappa shape index (κ2) is 5.13. The van der Waals surface area contributed by atoms with Crippen LogP contribution in [0.25, 0.3) is 0 Å². The topological polar surface area (TPSA) is 12.0 Å². The quantitative estimate of drug-likeness (QED) is 0.851. The van der Waals surface area contributed by atoms with Gasteiger partial charge in [-0.15, -0.1) is 0 Å². The van der Waals surface area contributed by atoms with Crippen molar-refractivity contribution in [2.75, 3.05) is 6.54 Å². The molecule has 1 aliphatic carbocycles. The molecule has 0 bridgehead atoms. The van der Waals surface area contributed by atoms with E-state index in [0.29, 0.717) is 17.5 Å². The molecular weight excluding hydrogens is 220 g/mol. The van der Waals surface area contributed by atoms with E-state index in [-0.39, 0.29) is 5.92 Å². The van der Waals surface area contributed by atoms with Gasteiger partial charge in [-0.05, 0) is 42.9 Å². The summed E-state index contributed by atoms with van der Waals surface area (Å²) in [6.45, 7) is 5.12. The first-order valence-electron chi connectivity index (χ1n) is 6.32. The van der Waals surface area contributed by atoms with Crippen molar-refractivity contribution < 1.29 is 8.78 Å². The van der Waals surface area contributed by atoms with Crippen molar-refractivity contribution in [3.8, 4) is 0 Å². The van der Waals surface area contributed by atoms with Crippen molar-refractivity contribution in [3.63, 3.8) is 0 Å². The zero-order chi connectivity index (χ0) is 12.4. The molecule has 0 aliphatic heterocycles. The normalized spacial score (nSPS) is 28.6. The van der Waals surface area contributed by atoms with Crippen molar-refractivity contribution in [3.05, 3.63) is 35.4 Å². The zero-order valence-electron chi connectivity index (χ0n) is 10.3. The molecule has 0 spiro atoms. The van der Waals surface area contributed by atoms with Crippen LogP contribution in [-0.4, -0.2) is 12.6 Å². The summed E-state index contributed by atoms with van der Waals surface area (Å²) in [6.07, 6.45) is 1.97. The standard InChI is InChI=1S/C14H19F2N/c1-3-17-13-8-7-10(9(13)2)11-5-4-6-12(15)14(11)16/h4-6,9-10,13,17H,3,7-8H2,1-2H3. The van der Waals surface area contributed by atoms with Crippen LogP contribution in [0.3, 0.4) is 0 Å². The van der Waals surface area contributed by atoms with E-state index < -0.39 is 11.6 Å². The molecule has 1 nitrogen and oxygen atoms in total. The first-order valence-corrected chi connectivity index (χ1v) is 6.32. The molecule has 3 unspecified atom stereocenters. The Bertz CT molecular complexity index is 392. The summed E-state index contributed by atoms with van der Waals surface area (Å²) in [5, 5.41) is 3.41. The summed E-state index contributed by atoms with van der Waals surface area (Å²) < 4.78 is 27.0. The summed E-state index contributed by atoms with van der Waals surface area (Å²) in [6, 6.07) is 4.92. The summed E-state index contributed by atoms with van der Waals surface area (Å²) in [5.41, 5.74) is 0.540. The van der Waals surface area contributed by atoms with E-state index in [2.05, 4.69) is 19.2 Å². The Kier molecular flexibility index (Phi) is 3.77. The molecule has 17 heavy (non-hydrogen) atoms. The lowest BCUT2D eigenvalue weighted by Crippen LogP contribution is -2.32. The van der Waals surface area contributed by atoms with Crippen LogP contribution in [0.5, 0.6) is 0 Å². The van der Waals surface area contributed by atoms with Crippen LogP contribution in [0.1, 0.15) is 38.2 Å². The number of halogens is 2. The summed E-state index contributed by atoms with van der Waals surface area (Å²) in [5.74, 6) is -0.913. The molecule has 1 aromatic rings. The minimum absolute atomic E-state index is 0.134. The third-order valence-electron chi connectivity index (χ3n) is 3.91. The predicted octanol–water partition coefficient (Wildman–Crippen LogP) is 3.46. The van der Waals surface area contributed by atoms with Crippen LogP contribution in [-0.2, 0) is 0 Å². The molecule has 1 saturated carbocycles. The highest BCUT2D eigenvalue weighted by Crippen LogP contribution is 2.40. The van der Waals surface area contributed by atoms with E-state index in [4.69, 9.17) is 0 Å². The Morgan fingerprint density at radius 3 is 2.76 bits per heavy atom. The lowest BCUT2D eigenvalue weighted by Gasteiger charge is -2.22. The van der Waals surface area contributed by atoms with Crippen LogP contribution in [0, 0.1) is 17.6 Å². The molecule has 0 saturated heterocycles. The molecule has 0 amide bonds. The molecule has 0 heterocycles. The molecule has 94 valence electrons. The van der Waals surface area contributed by atoms with Gasteiger partial charge in [0.25, 0.3) is 0 Å². The SMILES string of the molecule is CCNC1CCC(c2cccc(F)c2F)C1C. The van der Waals surface area contributed by atoms with Gasteiger partial charge in [0, 0.05) is 6.04 Å². The Labute approximate surface area is 101 Å². The highest BCUT2D eigenvalue weighted by molar-refractivity contribution is 5.25. The average Bonchev–Trinajstić information content (AvgIpc) is 2.66. The molecule has 1 aliphatic rings. The first-order chi connectivity index (χ1) is 8.15. The molecule has 0 aromatic heterocycles. The third-order valence-corrected chi connectivity index (χ3v) is 3.91. The molecule has 0 radical (unpaired) electrons. The fraction of sp³-hybridized carbons (Fsp3) is 0.571. The number of hydrogen-bond donors (Lipinski definition) is 1. The van der Waals surface area contributed by atoms with Crippen LogP contribution in [0.4, 0.5) is 8.78 Å². The minimum Gasteiger partial charge on any atom is -0.314 e. The molecule has 3 heteroatoms. The van der Waals surface area contributed by atoms with Crippen LogP contribution < -0.4 is 5.32 Å². The second-order valence-electron chi connectivity index (χ2n) is 4.85. The Morgan fingerprint density at radius 2 is 2.06 bits per heavy atom. The van der Waals surface area contributed by atoms with Gasteiger partial charge >= 0.3 is 0 Å². The molecule has 1 aromatic carbocycles. The van der Waals surface area contributed by atoms with Crippen molar-refractivity contribution in [1.82, 2.24) is 5.32 Å². The van der Waals surface area contributed by atoms with Crippen molar-refractivity contribution in [2.45, 2.75) is 38.6 Å². The Hall–Kier alpha value is -0.960. The number of nitrogens with one attached hydrogen (secondary N) is 1. The average molecular weight is 239 g/mol. The smallest absolute Gasteiger partial charge is 0.162 e. The second-order valence-corrected chi connectivity index (χ2v) is 4.85. The van der Waals surface area contributed by atoms with Gasteiger partial charge in [-0.2, -0.15) is 0 Å². The van der Waals surface area contributed by atoms with E-state index in [1.165, 1.54) is 6.07 Å². The maximum atomic E-state index is 13.7. The number of benzene rings is 1. The maximum absolute atomic E-state index is 13.7. The van der Waals surface area contributed by atoms with E-state index >= 15 is 0 Å². The van der Waals surface area contributed by atoms with Gasteiger partial charge in [-0.1, -0.05) is 26.0 Å². The lowest BCUT2D eigenvalue weighted by atomic mass is 9.88. The molecule has 1 N–H and O–H groups in total. The third kappa shape index (κ3) is 2.34. The summed E-state index contributed by atoms with van der Waals surface area (Å²) >= 11 is 0. The largest absolute Gasteiger partial charge is 0.314 e. The van der Waals surface area contributed by atoms with E-state index in [0.717, 1.165) is 19.4 Å². The summed E-state index contributed by atoms with van der Waals surface area (Å²) in [7, 11) is 0. The molecule has 2 rings (SSSR count). The van der Waals surface area contributed by atoms with Gasteiger partial charge in [0.2, 0.25) is 0 Å². The van der Waals surface area contributed by atoms with Gasteiger partial charge in [-0.25, -0.2) is 8.78 Å². The van der Waals surface area contributed by atoms with Crippen LogP contribution in [0.15, 0.2) is 18.2 Å². The van der Waals surface area contributed by atoms with Crippen molar-refractivity contribution in [1.29, 1.82) is 0 Å². The Balaban J connectivity index is 2.21. The van der Waals surface area contributed by atoms with Crippen LogP contribution in [0.2, 0.25) is 0 Å². The van der Waals surface area contributed by atoms with Crippen molar-refractivity contribution >= 4 is 0 Å². The monoisotopic (exact) mass is 239 g/mol. The molecular formula is C14H19F2N. The first kappa shape index (κ1) is 12.5. The van der Waals surface area contributed by atoms with E-state index in [9.17, 15) is 8.78 Å². The van der Waals surface area contributed by atoms with Crippen molar-refractivity contribution in [2.24, 2.45) is 5.92 Å². The lowest BCUT2D eigenvalue weighted by molar-refractivity contribution is 0.400. The fourth-order valence-corrected chi connectivity index (χ4v) is 2.96. The van der Waals surface area contributed by atoms with Gasteiger partial charge in [-0.3, -0.25) is 0 Å². The zero-order valence-corrected chi connectivity index (χ0v) is 10.3. The highest BCUT2D eigenvalue weighted by Gasteiger charge is 2.34. The summed E-state index contributed by atoms with van der Waals surface area (Å²) in [4.78, 5) is 0. The van der Waals surface area contributed by atoms with E-state index in [1.54, 1.807) is 12.1 Å². The minimum atomic E-state index is -0.735. The van der Waals surface area contributed by atoms with Gasteiger partial charge < -0.3 is 5.32 Å². The number of hydrogen-bond acceptors (Lipinski definition) is 1. The van der Waals surface area contributed by atoms with Crippen LogP contribution >= 0.6 is 0 Å². The van der Waals surface area contributed by atoms with E-state index in [1.807, 2.05) is 0 Å². The fourth-order valence-electron chi connectivity index (χ4n) is 2.96. The van der Waals surface area contributed by atoms with Gasteiger partial charge in [0.15, 0.2) is 11.6 Å².